The SMILES string of the molecule is Cc1noc(C)c1CSc1ccccc1C(=O)N(C)C1CCS(=O)(=O)C1. The monoisotopic (exact) mass is 394 g/mol. The van der Waals surface area contributed by atoms with Crippen molar-refractivity contribution in [3.8, 4) is 0 Å². The summed E-state index contributed by atoms with van der Waals surface area (Å²) in [5.41, 5.74) is 2.48. The maximum atomic E-state index is 12.9. The van der Waals surface area contributed by atoms with Crippen molar-refractivity contribution in [2.75, 3.05) is 18.6 Å². The number of aryl methyl sites for hydroxylation is 2. The summed E-state index contributed by atoms with van der Waals surface area (Å²) in [6.45, 7) is 3.78. The summed E-state index contributed by atoms with van der Waals surface area (Å²) in [6, 6.07) is 7.17. The molecule has 140 valence electrons. The highest BCUT2D eigenvalue weighted by Crippen LogP contribution is 2.30. The van der Waals surface area contributed by atoms with E-state index in [0.717, 1.165) is 21.9 Å². The second kappa shape index (κ2) is 7.44. The van der Waals surface area contributed by atoms with Crippen LogP contribution >= 0.6 is 11.8 Å². The molecule has 1 saturated heterocycles. The van der Waals surface area contributed by atoms with Gasteiger partial charge in [0.2, 0.25) is 0 Å². The molecule has 0 radical (unpaired) electrons. The molecule has 0 saturated carbocycles. The Labute approximate surface area is 157 Å². The van der Waals surface area contributed by atoms with Gasteiger partial charge in [0.1, 0.15) is 5.76 Å². The number of rotatable bonds is 5. The highest BCUT2D eigenvalue weighted by atomic mass is 32.2. The van der Waals surface area contributed by atoms with Gasteiger partial charge in [-0.1, -0.05) is 17.3 Å². The van der Waals surface area contributed by atoms with Gasteiger partial charge in [-0.3, -0.25) is 4.79 Å². The molecule has 1 atom stereocenters. The van der Waals surface area contributed by atoms with Gasteiger partial charge >= 0.3 is 0 Å². The van der Waals surface area contributed by atoms with Crippen LogP contribution in [0.5, 0.6) is 0 Å². The average Bonchev–Trinajstić information content (AvgIpc) is 3.14. The second-order valence-corrected chi connectivity index (χ2v) is 9.81. The molecule has 0 N–H and O–H groups in total. The van der Waals surface area contributed by atoms with E-state index in [1.54, 1.807) is 29.8 Å². The normalized spacial score (nSPS) is 18.8. The molecule has 0 aliphatic carbocycles. The van der Waals surface area contributed by atoms with Crippen molar-refractivity contribution in [2.24, 2.45) is 0 Å². The quantitative estimate of drug-likeness (QED) is 0.726. The number of sulfone groups is 1. The largest absolute Gasteiger partial charge is 0.361 e. The first-order chi connectivity index (χ1) is 12.3. The third kappa shape index (κ3) is 3.96. The van der Waals surface area contributed by atoms with Crippen LogP contribution in [-0.4, -0.2) is 49.0 Å². The minimum absolute atomic E-state index is 0.0453. The van der Waals surface area contributed by atoms with Gasteiger partial charge in [0.25, 0.3) is 5.91 Å². The van der Waals surface area contributed by atoms with E-state index in [2.05, 4.69) is 5.16 Å². The van der Waals surface area contributed by atoms with E-state index in [1.165, 1.54) is 0 Å². The van der Waals surface area contributed by atoms with Crippen LogP contribution in [0.2, 0.25) is 0 Å². The Balaban J connectivity index is 1.77. The fourth-order valence-corrected chi connectivity index (χ4v) is 6.04. The Kier molecular flexibility index (Phi) is 5.43. The van der Waals surface area contributed by atoms with Gasteiger partial charge in [0.05, 0.1) is 22.8 Å². The van der Waals surface area contributed by atoms with Gasteiger partial charge in [-0.05, 0) is 32.4 Å². The molecule has 1 aromatic carbocycles. The van der Waals surface area contributed by atoms with Crippen molar-refractivity contribution in [3.05, 3.63) is 46.8 Å². The first-order valence-corrected chi connectivity index (χ1v) is 11.2. The number of thioether (sulfide) groups is 1. The molecule has 8 heteroatoms. The highest BCUT2D eigenvalue weighted by Gasteiger charge is 2.33. The average molecular weight is 395 g/mol. The van der Waals surface area contributed by atoms with E-state index in [1.807, 2.05) is 32.0 Å². The van der Waals surface area contributed by atoms with Crippen LogP contribution in [0, 0.1) is 13.8 Å². The zero-order chi connectivity index (χ0) is 18.9. The van der Waals surface area contributed by atoms with Gasteiger partial charge < -0.3 is 9.42 Å². The molecule has 1 unspecified atom stereocenters. The molecule has 3 rings (SSSR count). The summed E-state index contributed by atoms with van der Waals surface area (Å²) < 4.78 is 28.6. The molecule has 2 heterocycles. The van der Waals surface area contributed by atoms with Crippen molar-refractivity contribution < 1.29 is 17.7 Å². The Bertz CT molecular complexity index is 902. The number of hydrogen-bond acceptors (Lipinski definition) is 6. The van der Waals surface area contributed by atoms with Crippen molar-refractivity contribution in [1.29, 1.82) is 0 Å². The predicted octanol–water partition coefficient (Wildman–Crippen LogP) is 2.84. The molecule has 6 nitrogen and oxygen atoms in total. The second-order valence-electron chi connectivity index (χ2n) is 6.56. The Hall–Kier alpha value is -1.80. The van der Waals surface area contributed by atoms with E-state index in [9.17, 15) is 13.2 Å². The Morgan fingerprint density at radius 2 is 2.08 bits per heavy atom. The summed E-state index contributed by atoms with van der Waals surface area (Å²) in [4.78, 5) is 15.4. The lowest BCUT2D eigenvalue weighted by Crippen LogP contribution is -2.38. The molecule has 1 aromatic heterocycles. The summed E-state index contributed by atoms with van der Waals surface area (Å²) in [5.74, 6) is 1.50. The van der Waals surface area contributed by atoms with Crippen molar-refractivity contribution >= 4 is 27.5 Å². The van der Waals surface area contributed by atoms with Crippen LogP contribution in [0.25, 0.3) is 0 Å². The number of amides is 1. The van der Waals surface area contributed by atoms with Crippen LogP contribution in [0.1, 0.15) is 33.8 Å². The lowest BCUT2D eigenvalue weighted by Gasteiger charge is -2.24. The smallest absolute Gasteiger partial charge is 0.255 e. The standard InChI is InChI=1S/C18H22N2O4S2/c1-12-16(13(2)24-19-12)10-25-17-7-5-4-6-15(17)18(21)20(3)14-8-9-26(22,23)11-14/h4-7,14H,8-11H2,1-3H3. The van der Waals surface area contributed by atoms with Gasteiger partial charge in [0, 0.05) is 29.3 Å². The predicted molar refractivity (Wildman–Crippen MR) is 101 cm³/mol. The number of hydrogen-bond donors (Lipinski definition) is 0. The summed E-state index contributed by atoms with van der Waals surface area (Å²) in [5, 5.41) is 3.96. The molecule has 2 aromatic rings. The first-order valence-electron chi connectivity index (χ1n) is 8.39. The minimum atomic E-state index is -3.03. The number of carbonyl (C=O) groups excluding carboxylic acids is 1. The maximum Gasteiger partial charge on any atom is 0.255 e. The number of aromatic nitrogens is 1. The molecular weight excluding hydrogens is 372 g/mol. The molecule has 0 bridgehead atoms. The van der Waals surface area contributed by atoms with Crippen LogP contribution in [-0.2, 0) is 15.6 Å². The molecule has 26 heavy (non-hydrogen) atoms. The van der Waals surface area contributed by atoms with E-state index < -0.39 is 9.84 Å². The van der Waals surface area contributed by atoms with Gasteiger partial charge in [-0.15, -0.1) is 11.8 Å². The zero-order valence-electron chi connectivity index (χ0n) is 15.1. The fourth-order valence-electron chi connectivity index (χ4n) is 3.06. The van der Waals surface area contributed by atoms with Crippen LogP contribution in [0.15, 0.2) is 33.7 Å². The van der Waals surface area contributed by atoms with Crippen molar-refractivity contribution in [1.82, 2.24) is 10.1 Å². The Morgan fingerprint density at radius 1 is 1.35 bits per heavy atom. The van der Waals surface area contributed by atoms with E-state index in [-0.39, 0.29) is 23.5 Å². The highest BCUT2D eigenvalue weighted by molar-refractivity contribution is 7.98. The first kappa shape index (κ1) is 19.0. The van der Waals surface area contributed by atoms with Crippen LogP contribution in [0.3, 0.4) is 0 Å². The maximum absolute atomic E-state index is 12.9. The van der Waals surface area contributed by atoms with Gasteiger partial charge in [0.15, 0.2) is 9.84 Å². The van der Waals surface area contributed by atoms with Crippen molar-refractivity contribution in [2.45, 2.75) is 37.0 Å². The zero-order valence-corrected chi connectivity index (χ0v) is 16.7. The van der Waals surface area contributed by atoms with Gasteiger partial charge in [-0.2, -0.15) is 0 Å². The number of benzene rings is 1. The van der Waals surface area contributed by atoms with Crippen LogP contribution in [0.4, 0.5) is 0 Å². The molecule has 1 fully saturated rings. The fraction of sp³-hybridized carbons (Fsp3) is 0.444. The third-order valence-electron chi connectivity index (χ3n) is 4.75. The van der Waals surface area contributed by atoms with Crippen LogP contribution < -0.4 is 0 Å². The number of carbonyl (C=O) groups is 1. The summed E-state index contributed by atoms with van der Waals surface area (Å²) in [7, 11) is -1.35. The number of nitrogens with zero attached hydrogens (tertiary/aromatic N) is 2. The molecule has 0 spiro atoms. The topological polar surface area (TPSA) is 80.5 Å². The van der Waals surface area contributed by atoms with Gasteiger partial charge in [-0.25, -0.2) is 8.42 Å². The van der Waals surface area contributed by atoms with E-state index in [4.69, 9.17) is 4.52 Å². The summed E-state index contributed by atoms with van der Waals surface area (Å²) >= 11 is 1.56. The lowest BCUT2D eigenvalue weighted by molar-refractivity contribution is 0.0744. The lowest BCUT2D eigenvalue weighted by atomic mass is 10.1. The molecule has 1 aliphatic heterocycles. The molecule has 1 amide bonds. The molecular formula is C18H22N2O4S2. The van der Waals surface area contributed by atoms with Crippen molar-refractivity contribution in [3.63, 3.8) is 0 Å². The third-order valence-corrected chi connectivity index (χ3v) is 7.60. The van der Waals surface area contributed by atoms with E-state index in [0.29, 0.717) is 17.7 Å². The summed E-state index contributed by atoms with van der Waals surface area (Å²) in [6.07, 6.45) is 0.499. The Morgan fingerprint density at radius 3 is 2.69 bits per heavy atom. The van der Waals surface area contributed by atoms with E-state index >= 15 is 0 Å². The minimum Gasteiger partial charge on any atom is -0.361 e. The molecule has 1 aliphatic rings.